The first-order valence-corrected chi connectivity index (χ1v) is 28.3. The second-order valence-electron chi connectivity index (χ2n) is 19.4. The molecule has 504 valence electrons. The van der Waals surface area contributed by atoms with E-state index in [4.69, 9.17) is 63.7 Å². The van der Waals surface area contributed by atoms with Crippen molar-refractivity contribution in [2.75, 3.05) is 139 Å². The molecule has 20 N–H and O–H groups in total. The van der Waals surface area contributed by atoms with Crippen LogP contribution < -0.4 is 37.6 Å². The third-order valence-electron chi connectivity index (χ3n) is 12.2. The van der Waals surface area contributed by atoms with Crippen LogP contribution >= 0.6 is 0 Å². The first-order valence-electron chi connectivity index (χ1n) is 28.3. The third kappa shape index (κ3) is 40.9. The monoisotopic (exact) mass is 1250 g/mol. The lowest BCUT2D eigenvalue weighted by Crippen LogP contribution is -2.55. The summed E-state index contributed by atoms with van der Waals surface area (Å²) in [6.45, 7) is 2.94. The fourth-order valence-corrected chi connectivity index (χ4v) is 7.53. The number of aliphatic hydroxyl groups excluding tert-OH is 12. The van der Waals surface area contributed by atoms with Crippen LogP contribution in [0.25, 0.3) is 0 Å². The van der Waals surface area contributed by atoms with Gasteiger partial charge in [0.15, 0.2) is 18.9 Å². The summed E-state index contributed by atoms with van der Waals surface area (Å²) in [5.41, 5.74) is 5.15. The molecule has 0 bridgehead atoms. The number of hydrogen-bond donors (Lipinski definition) is 19. The first kappa shape index (κ1) is 81.5. The number of ether oxygens (including phenoxy) is 9. The van der Waals surface area contributed by atoms with E-state index < -0.39 is 116 Å². The Morgan fingerprint density at radius 1 is 0.442 bits per heavy atom. The van der Waals surface area contributed by atoms with E-state index >= 15 is 0 Å². The highest BCUT2D eigenvalue weighted by molar-refractivity contribution is 5.78. The average Bonchev–Trinajstić information content (AvgIpc) is 3.67. The number of carbonyl (C=O) groups is 6. The summed E-state index contributed by atoms with van der Waals surface area (Å²) in [4.78, 5) is 73.3. The third-order valence-corrected chi connectivity index (χ3v) is 12.2. The summed E-state index contributed by atoms with van der Waals surface area (Å²) in [6.07, 6.45) is -13.4. The van der Waals surface area contributed by atoms with Crippen molar-refractivity contribution in [2.24, 2.45) is 5.73 Å². The van der Waals surface area contributed by atoms with E-state index in [-0.39, 0.29) is 194 Å². The number of carbonyl (C=O) groups excluding carboxylic acids is 6. The molecule has 0 aliphatic rings. The molecule has 0 heterocycles. The summed E-state index contributed by atoms with van der Waals surface area (Å²) in [5.74, 6) is -3.72. The van der Waals surface area contributed by atoms with Gasteiger partial charge < -0.3 is 142 Å². The van der Waals surface area contributed by atoms with Gasteiger partial charge >= 0.3 is 0 Å². The summed E-state index contributed by atoms with van der Waals surface area (Å²) in [7, 11) is 0. The molecule has 0 fully saturated rings. The standard InChI is InChI=1S/C52H99N7O27/c1-34(63)57-43(46(72)37(66)7-16-60)49(75)84-31-28-81-25-22-78-19-13-54-40(69)4-10-52(53,11-5-41(70)55-14-20-79-23-26-82-29-32-85-50(76)44(58-35(2)64)47(73)38(67)8-17-61)12-6-42(71)56-15-21-80-24-27-83-30-33-86-51(77)45(59-36(3)65)48(74)39(68)9-18-62/h37-39,43-44,46-47,49-51,60-62,66-68,72-77H,4-33,53H2,1-3H3,(H,54,69)(H,55,70)(H,56,71)(H,57,63)(H,58,64)(H,59,65)/b48-45+. The Kier molecular flexibility index (Phi) is 47.8. The molecule has 0 spiro atoms. The van der Waals surface area contributed by atoms with Gasteiger partial charge in [0.05, 0.1) is 111 Å². The van der Waals surface area contributed by atoms with Gasteiger partial charge in [-0.3, -0.25) is 28.8 Å². The molecule has 86 heavy (non-hydrogen) atoms. The van der Waals surface area contributed by atoms with Crippen molar-refractivity contribution in [3.05, 3.63) is 11.5 Å². The zero-order valence-corrected chi connectivity index (χ0v) is 49.6. The van der Waals surface area contributed by atoms with Crippen LogP contribution in [0, 0.1) is 0 Å². The minimum absolute atomic E-state index is 0.0102. The minimum atomic E-state index is -1.82. The van der Waals surface area contributed by atoms with Crippen LogP contribution in [0.3, 0.4) is 0 Å². The SMILES string of the molecule is CC(=O)N/C(=C(/O)C(O)CCO)C(O)OCCOCCOCCNC(=O)CCC(N)(CCC(=O)NCCOCCOCCOC(O)C(NC(C)=O)C(O)C(O)CCO)CCC(=O)NCCOCCOCCOC(O)C(NC(C)=O)C(O)C(O)CCO. The molecule has 10 atom stereocenters. The molecule has 0 rings (SSSR count). The van der Waals surface area contributed by atoms with E-state index in [2.05, 4.69) is 31.9 Å². The van der Waals surface area contributed by atoms with Gasteiger partial charge in [-0.05, 0) is 32.1 Å². The molecule has 0 aromatic rings. The van der Waals surface area contributed by atoms with Crippen molar-refractivity contribution in [2.45, 2.75) is 146 Å². The Morgan fingerprint density at radius 2 is 0.756 bits per heavy atom. The fourth-order valence-electron chi connectivity index (χ4n) is 7.53. The summed E-state index contributed by atoms with van der Waals surface area (Å²) in [6, 6.07) is -2.76. The van der Waals surface area contributed by atoms with Gasteiger partial charge in [-0.2, -0.15) is 0 Å². The summed E-state index contributed by atoms with van der Waals surface area (Å²) < 4.78 is 48.3. The largest absolute Gasteiger partial charge is 0.508 e. The molecule has 6 amide bonds. The highest BCUT2D eigenvalue weighted by atomic mass is 16.6. The lowest BCUT2D eigenvalue weighted by atomic mass is 9.84. The van der Waals surface area contributed by atoms with Crippen LogP contribution in [-0.2, 0) is 71.4 Å². The van der Waals surface area contributed by atoms with Crippen molar-refractivity contribution < 1.29 is 133 Å². The van der Waals surface area contributed by atoms with Crippen LogP contribution in [0.1, 0.15) is 78.6 Å². The lowest BCUT2D eigenvalue weighted by molar-refractivity contribution is -0.165. The smallest absolute Gasteiger partial charge is 0.221 e. The maximum Gasteiger partial charge on any atom is 0.221 e. The molecule has 0 aliphatic carbocycles. The van der Waals surface area contributed by atoms with Crippen LogP contribution in [-0.4, -0.2) is 302 Å². The molecule has 0 radical (unpaired) electrons. The Hall–Kier alpha value is -4.48. The van der Waals surface area contributed by atoms with E-state index in [9.17, 15) is 74.7 Å². The normalized spacial score (nSPS) is 16.2. The second-order valence-corrected chi connectivity index (χ2v) is 19.4. The van der Waals surface area contributed by atoms with Gasteiger partial charge in [0.2, 0.25) is 35.4 Å². The number of hydrogen-bond acceptors (Lipinski definition) is 28. The number of nitrogens with two attached hydrogens (primary N) is 1. The zero-order chi connectivity index (χ0) is 64.7. The summed E-state index contributed by atoms with van der Waals surface area (Å²) >= 11 is 0. The second kappa shape index (κ2) is 50.4. The number of aliphatic hydroxyl groups is 12. The van der Waals surface area contributed by atoms with Crippen LogP contribution in [0.5, 0.6) is 0 Å². The molecule has 10 unspecified atom stereocenters. The van der Waals surface area contributed by atoms with Crippen molar-refractivity contribution in [3.8, 4) is 0 Å². The maximum atomic E-state index is 12.9. The molecule has 34 nitrogen and oxygen atoms in total. The highest BCUT2D eigenvalue weighted by Crippen LogP contribution is 2.23. The molecular weight excluding hydrogens is 1150 g/mol. The number of rotatable bonds is 56. The molecule has 0 aromatic carbocycles. The maximum absolute atomic E-state index is 12.9. The van der Waals surface area contributed by atoms with Gasteiger partial charge in [-0.15, -0.1) is 0 Å². The van der Waals surface area contributed by atoms with E-state index in [0.29, 0.717) is 0 Å². The highest BCUT2D eigenvalue weighted by Gasteiger charge is 2.35. The Morgan fingerprint density at radius 3 is 1.07 bits per heavy atom. The van der Waals surface area contributed by atoms with Crippen molar-refractivity contribution >= 4 is 35.4 Å². The number of amides is 6. The molecule has 0 aromatic heterocycles. The molecule has 0 saturated carbocycles. The Labute approximate surface area is 500 Å². The van der Waals surface area contributed by atoms with Crippen LogP contribution in [0.4, 0.5) is 0 Å². The first-order chi connectivity index (χ1) is 40.9. The minimum Gasteiger partial charge on any atom is -0.508 e. The fraction of sp³-hybridized carbons (Fsp3) is 0.846. The van der Waals surface area contributed by atoms with Crippen molar-refractivity contribution in [1.82, 2.24) is 31.9 Å². The summed E-state index contributed by atoms with van der Waals surface area (Å²) in [5, 5.41) is 134. The average molecular weight is 1250 g/mol. The Balaban J connectivity index is 5.02. The quantitative estimate of drug-likeness (QED) is 0.0153. The van der Waals surface area contributed by atoms with Crippen LogP contribution in [0.15, 0.2) is 11.5 Å². The van der Waals surface area contributed by atoms with Gasteiger partial charge in [-0.1, -0.05) is 0 Å². The zero-order valence-electron chi connectivity index (χ0n) is 49.6. The number of nitrogens with one attached hydrogen (secondary N) is 6. The lowest BCUT2D eigenvalue weighted by Gasteiger charge is -2.30. The van der Waals surface area contributed by atoms with Gasteiger partial charge in [0.25, 0.3) is 0 Å². The van der Waals surface area contributed by atoms with E-state index in [1.165, 1.54) is 0 Å². The van der Waals surface area contributed by atoms with Gasteiger partial charge in [0.1, 0.15) is 41.9 Å². The van der Waals surface area contributed by atoms with Crippen LogP contribution in [0.2, 0.25) is 0 Å². The predicted molar refractivity (Wildman–Crippen MR) is 298 cm³/mol. The van der Waals surface area contributed by atoms with Gasteiger partial charge in [0, 0.05) is 91.4 Å². The van der Waals surface area contributed by atoms with Gasteiger partial charge in [-0.25, -0.2) is 0 Å². The topological polar surface area (TPSA) is 526 Å². The van der Waals surface area contributed by atoms with E-state index in [1.54, 1.807) is 0 Å². The molecule has 0 aliphatic heterocycles. The molecular formula is C52H99N7O27. The molecule has 0 saturated heterocycles. The van der Waals surface area contributed by atoms with Crippen molar-refractivity contribution in [1.29, 1.82) is 0 Å². The van der Waals surface area contributed by atoms with E-state index in [1.807, 2.05) is 0 Å². The van der Waals surface area contributed by atoms with E-state index in [0.717, 1.165) is 20.8 Å². The molecule has 34 heteroatoms. The predicted octanol–water partition coefficient (Wildman–Crippen LogP) is -7.66. The van der Waals surface area contributed by atoms with Crippen molar-refractivity contribution in [3.63, 3.8) is 0 Å². The Bertz CT molecular complexity index is 1790.